The lowest BCUT2D eigenvalue weighted by atomic mass is 10.3. The molecule has 2 amide bonds. The van der Waals surface area contributed by atoms with Crippen LogP contribution >= 0.6 is 11.3 Å². The predicted molar refractivity (Wildman–Crippen MR) is 74.9 cm³/mol. The van der Waals surface area contributed by atoms with Crippen molar-refractivity contribution in [1.82, 2.24) is 9.88 Å². The number of rotatable bonds is 5. The molecule has 7 heteroatoms. The largest absolute Gasteiger partial charge is 0.448 e. The molecule has 0 unspecified atom stereocenters. The van der Waals surface area contributed by atoms with Crippen LogP contribution in [-0.4, -0.2) is 41.6 Å². The summed E-state index contributed by atoms with van der Waals surface area (Å²) in [5, 5.41) is 3.55. The Bertz CT molecular complexity index is 507. The van der Waals surface area contributed by atoms with Crippen LogP contribution in [0.1, 0.15) is 29.8 Å². The standard InChI is InChI=1S/C13H17N3O3S/c17-11(5-2-6-16-7-8-19-13(16)18)15-12-14-9-3-1-4-10(9)20-12/h1-8H2,(H,14,15,17). The van der Waals surface area contributed by atoms with E-state index >= 15 is 0 Å². The zero-order valence-electron chi connectivity index (χ0n) is 11.2. The molecular formula is C13H17N3O3S. The molecule has 1 aromatic heterocycles. The molecule has 1 saturated heterocycles. The first-order valence-electron chi connectivity index (χ1n) is 6.92. The van der Waals surface area contributed by atoms with E-state index in [1.165, 1.54) is 11.3 Å². The molecule has 20 heavy (non-hydrogen) atoms. The van der Waals surface area contributed by atoms with Crippen LogP contribution in [0.5, 0.6) is 0 Å². The maximum absolute atomic E-state index is 11.8. The highest BCUT2D eigenvalue weighted by Gasteiger charge is 2.21. The van der Waals surface area contributed by atoms with Gasteiger partial charge in [-0.2, -0.15) is 0 Å². The first-order chi connectivity index (χ1) is 9.72. The number of nitrogens with one attached hydrogen (secondary N) is 1. The summed E-state index contributed by atoms with van der Waals surface area (Å²) < 4.78 is 4.83. The number of cyclic esters (lactones) is 1. The van der Waals surface area contributed by atoms with Crippen LogP contribution in [0.25, 0.3) is 0 Å². The van der Waals surface area contributed by atoms with Gasteiger partial charge in [0.2, 0.25) is 5.91 Å². The lowest BCUT2D eigenvalue weighted by Gasteiger charge is -2.11. The molecule has 0 radical (unpaired) electrons. The molecule has 108 valence electrons. The number of aryl methyl sites for hydroxylation is 2. The molecule has 3 rings (SSSR count). The first kappa shape index (κ1) is 13.4. The Balaban J connectivity index is 1.41. The van der Waals surface area contributed by atoms with Gasteiger partial charge in [-0.15, -0.1) is 11.3 Å². The van der Waals surface area contributed by atoms with Crippen molar-refractivity contribution >= 4 is 28.5 Å². The van der Waals surface area contributed by atoms with Crippen LogP contribution in [0, 0.1) is 0 Å². The van der Waals surface area contributed by atoms with Gasteiger partial charge in [0.1, 0.15) is 6.61 Å². The molecule has 6 nitrogen and oxygen atoms in total. The number of amides is 2. The molecule has 1 aliphatic heterocycles. The number of nitrogens with zero attached hydrogens (tertiary/aromatic N) is 2. The lowest BCUT2D eigenvalue weighted by molar-refractivity contribution is -0.116. The minimum atomic E-state index is -0.276. The fraction of sp³-hybridized carbons (Fsp3) is 0.615. The van der Waals surface area contributed by atoms with E-state index in [1.54, 1.807) is 16.2 Å². The van der Waals surface area contributed by atoms with E-state index in [9.17, 15) is 9.59 Å². The highest BCUT2D eigenvalue weighted by molar-refractivity contribution is 7.15. The van der Waals surface area contributed by atoms with Gasteiger partial charge in [-0.3, -0.25) is 4.79 Å². The number of hydrogen-bond acceptors (Lipinski definition) is 5. The second kappa shape index (κ2) is 5.78. The van der Waals surface area contributed by atoms with Crippen LogP contribution in [0.15, 0.2) is 0 Å². The maximum atomic E-state index is 11.8. The number of thiazole rings is 1. The SMILES string of the molecule is O=C(CCCN1CCOC1=O)Nc1nc2c(s1)CCC2. The summed E-state index contributed by atoms with van der Waals surface area (Å²) in [6.07, 6.45) is 4.05. The van der Waals surface area contributed by atoms with Gasteiger partial charge in [0, 0.05) is 17.8 Å². The summed E-state index contributed by atoms with van der Waals surface area (Å²) >= 11 is 1.58. The van der Waals surface area contributed by atoms with E-state index < -0.39 is 0 Å². The Hall–Kier alpha value is -1.63. The van der Waals surface area contributed by atoms with Crippen molar-refractivity contribution in [2.75, 3.05) is 25.0 Å². The van der Waals surface area contributed by atoms with Gasteiger partial charge in [-0.1, -0.05) is 0 Å². The molecule has 0 spiro atoms. The molecule has 0 atom stereocenters. The number of carbonyl (C=O) groups is 2. The molecular weight excluding hydrogens is 278 g/mol. The molecule has 1 fully saturated rings. The summed E-state index contributed by atoms with van der Waals surface area (Å²) in [5.74, 6) is -0.0370. The van der Waals surface area contributed by atoms with Crippen LogP contribution in [0.2, 0.25) is 0 Å². The van der Waals surface area contributed by atoms with Crippen molar-refractivity contribution < 1.29 is 14.3 Å². The zero-order chi connectivity index (χ0) is 13.9. The second-order valence-electron chi connectivity index (χ2n) is 5.00. The Morgan fingerprint density at radius 2 is 2.35 bits per heavy atom. The van der Waals surface area contributed by atoms with Gasteiger partial charge in [-0.05, 0) is 25.7 Å². The Morgan fingerprint density at radius 1 is 1.45 bits per heavy atom. The third-order valence-corrected chi connectivity index (χ3v) is 4.59. The summed E-state index contributed by atoms with van der Waals surface area (Å²) in [6.45, 7) is 1.65. The first-order valence-corrected chi connectivity index (χ1v) is 7.74. The van der Waals surface area contributed by atoms with Crippen molar-refractivity contribution in [1.29, 1.82) is 0 Å². The number of ether oxygens (including phenoxy) is 1. The molecule has 0 aromatic carbocycles. The summed E-state index contributed by atoms with van der Waals surface area (Å²) in [5.41, 5.74) is 1.14. The number of aromatic nitrogens is 1. The summed E-state index contributed by atoms with van der Waals surface area (Å²) in [6, 6.07) is 0. The van der Waals surface area contributed by atoms with Crippen LogP contribution in [0.4, 0.5) is 9.93 Å². The molecule has 1 aromatic rings. The summed E-state index contributed by atoms with van der Waals surface area (Å²) in [7, 11) is 0. The second-order valence-corrected chi connectivity index (χ2v) is 6.08. The maximum Gasteiger partial charge on any atom is 0.409 e. The Labute approximate surface area is 121 Å². The smallest absolute Gasteiger partial charge is 0.409 e. The third-order valence-electron chi connectivity index (χ3n) is 3.52. The predicted octanol–water partition coefficient (Wildman–Crippen LogP) is 1.80. The van der Waals surface area contributed by atoms with Gasteiger partial charge >= 0.3 is 6.09 Å². The number of fused-ring (bicyclic) bond motifs is 1. The molecule has 1 N–H and O–H groups in total. The minimum absolute atomic E-state index is 0.0370. The van der Waals surface area contributed by atoms with Gasteiger partial charge in [0.25, 0.3) is 0 Å². The molecule has 0 bridgehead atoms. The van der Waals surface area contributed by atoms with Crippen LogP contribution < -0.4 is 5.32 Å². The third kappa shape index (κ3) is 2.92. The minimum Gasteiger partial charge on any atom is -0.448 e. The average molecular weight is 295 g/mol. The van der Waals surface area contributed by atoms with E-state index in [0.717, 1.165) is 18.5 Å². The fourth-order valence-corrected chi connectivity index (χ4v) is 3.55. The van der Waals surface area contributed by atoms with E-state index in [4.69, 9.17) is 4.74 Å². The van der Waals surface area contributed by atoms with Gasteiger partial charge in [0.05, 0.1) is 12.2 Å². The monoisotopic (exact) mass is 295 g/mol. The quantitative estimate of drug-likeness (QED) is 0.899. The molecule has 0 saturated carbocycles. The topological polar surface area (TPSA) is 71.5 Å². The van der Waals surface area contributed by atoms with E-state index in [2.05, 4.69) is 10.3 Å². The lowest BCUT2D eigenvalue weighted by Crippen LogP contribution is -2.26. The molecule has 1 aliphatic carbocycles. The fourth-order valence-electron chi connectivity index (χ4n) is 2.48. The highest BCUT2D eigenvalue weighted by atomic mass is 32.1. The van der Waals surface area contributed by atoms with Crippen molar-refractivity contribution in [3.05, 3.63) is 10.6 Å². The van der Waals surface area contributed by atoms with Crippen LogP contribution in [0.3, 0.4) is 0 Å². The van der Waals surface area contributed by atoms with E-state index in [-0.39, 0.29) is 12.0 Å². The van der Waals surface area contributed by atoms with Gasteiger partial charge in [0.15, 0.2) is 5.13 Å². The zero-order valence-corrected chi connectivity index (χ0v) is 12.0. The molecule has 2 heterocycles. The average Bonchev–Trinajstić information content (AvgIpc) is 3.06. The number of hydrogen-bond donors (Lipinski definition) is 1. The van der Waals surface area contributed by atoms with E-state index in [1.807, 2.05) is 0 Å². The van der Waals surface area contributed by atoms with Crippen LogP contribution in [-0.2, 0) is 22.4 Å². The normalized spacial score (nSPS) is 17.2. The van der Waals surface area contributed by atoms with Crippen molar-refractivity contribution in [2.24, 2.45) is 0 Å². The van der Waals surface area contributed by atoms with Gasteiger partial charge < -0.3 is 15.0 Å². The van der Waals surface area contributed by atoms with Crippen molar-refractivity contribution in [3.8, 4) is 0 Å². The van der Waals surface area contributed by atoms with Crippen molar-refractivity contribution in [2.45, 2.75) is 32.1 Å². The van der Waals surface area contributed by atoms with E-state index in [0.29, 0.717) is 37.7 Å². The molecule has 2 aliphatic rings. The number of anilines is 1. The Kier molecular flexibility index (Phi) is 3.86. The van der Waals surface area contributed by atoms with Gasteiger partial charge in [-0.25, -0.2) is 9.78 Å². The van der Waals surface area contributed by atoms with Crippen molar-refractivity contribution in [3.63, 3.8) is 0 Å². The number of carbonyl (C=O) groups excluding carboxylic acids is 2. The Morgan fingerprint density at radius 3 is 3.10 bits per heavy atom. The highest BCUT2D eigenvalue weighted by Crippen LogP contribution is 2.30. The summed E-state index contributed by atoms with van der Waals surface area (Å²) in [4.78, 5) is 30.4.